The predicted octanol–water partition coefficient (Wildman–Crippen LogP) is 8.36. The van der Waals surface area contributed by atoms with Crippen LogP contribution < -0.4 is 5.32 Å². The summed E-state index contributed by atoms with van der Waals surface area (Å²) in [6, 6.07) is 0.203. The Kier molecular flexibility index (Phi) is 27.9. The molecule has 0 aliphatic heterocycles. The second-order valence-electron chi connectivity index (χ2n) is 11.1. The largest absolute Gasteiger partial charge is 0.348 e. The minimum atomic E-state index is -0.0662. The molecular formula is C39H62N4O2. The third-order valence-corrected chi connectivity index (χ3v) is 6.32. The van der Waals surface area contributed by atoms with Gasteiger partial charge in [0, 0.05) is 50.5 Å². The van der Waals surface area contributed by atoms with Gasteiger partial charge in [-0.3, -0.25) is 9.59 Å². The summed E-state index contributed by atoms with van der Waals surface area (Å²) in [7, 11) is 9.67. The molecule has 250 valence electrons. The van der Waals surface area contributed by atoms with Gasteiger partial charge in [0.2, 0.25) is 0 Å². The minimum Gasteiger partial charge on any atom is -0.348 e. The van der Waals surface area contributed by atoms with Gasteiger partial charge in [0.1, 0.15) is 0 Å². The van der Waals surface area contributed by atoms with Crippen molar-refractivity contribution in [1.82, 2.24) is 15.1 Å². The Morgan fingerprint density at radius 1 is 1.07 bits per heavy atom. The highest BCUT2D eigenvalue weighted by Gasteiger charge is 2.20. The zero-order valence-electron chi connectivity index (χ0n) is 29.8. The van der Waals surface area contributed by atoms with Crippen LogP contribution in [0.25, 0.3) is 0 Å². The van der Waals surface area contributed by atoms with E-state index in [9.17, 15) is 9.59 Å². The van der Waals surface area contributed by atoms with Gasteiger partial charge in [0.05, 0.1) is 0 Å². The molecule has 0 heterocycles. The molecule has 0 saturated heterocycles. The van der Waals surface area contributed by atoms with Gasteiger partial charge in [-0.05, 0) is 71.5 Å². The van der Waals surface area contributed by atoms with Crippen molar-refractivity contribution < 1.29 is 9.59 Å². The van der Waals surface area contributed by atoms with Crippen LogP contribution >= 0.6 is 0 Å². The Morgan fingerprint density at radius 2 is 1.73 bits per heavy atom. The molecule has 6 heteroatoms. The number of rotatable bonds is 16. The van der Waals surface area contributed by atoms with E-state index in [-0.39, 0.29) is 17.9 Å². The summed E-state index contributed by atoms with van der Waals surface area (Å²) >= 11 is 0. The highest BCUT2D eigenvalue weighted by molar-refractivity contribution is 5.97. The molecule has 0 aromatic heterocycles. The molecule has 0 saturated carbocycles. The summed E-state index contributed by atoms with van der Waals surface area (Å²) in [5.41, 5.74) is 3.27. The Balaban J connectivity index is 0. The lowest BCUT2D eigenvalue weighted by Gasteiger charge is -2.27. The first-order valence-corrected chi connectivity index (χ1v) is 16.1. The topological polar surface area (TPSA) is 65.0 Å². The van der Waals surface area contributed by atoms with E-state index in [4.69, 9.17) is 0 Å². The molecular weight excluding hydrogens is 556 g/mol. The van der Waals surface area contributed by atoms with Crippen LogP contribution in [0.1, 0.15) is 72.6 Å². The zero-order chi connectivity index (χ0) is 34.5. The summed E-state index contributed by atoms with van der Waals surface area (Å²) in [5, 5.41) is 2.85. The summed E-state index contributed by atoms with van der Waals surface area (Å²) in [5.74, 6) is 0.00893. The molecule has 0 radical (unpaired) electrons. The van der Waals surface area contributed by atoms with Crippen LogP contribution in [-0.2, 0) is 9.59 Å². The van der Waals surface area contributed by atoms with Crippen molar-refractivity contribution in [2.45, 2.75) is 78.7 Å². The minimum absolute atomic E-state index is 0.0662. The summed E-state index contributed by atoms with van der Waals surface area (Å²) in [6.07, 6.45) is 32.1. The van der Waals surface area contributed by atoms with Crippen molar-refractivity contribution in [3.05, 3.63) is 108 Å². The van der Waals surface area contributed by atoms with Crippen LogP contribution in [0.2, 0.25) is 0 Å². The highest BCUT2D eigenvalue weighted by Crippen LogP contribution is 2.14. The maximum absolute atomic E-state index is 12.8. The second-order valence-corrected chi connectivity index (χ2v) is 11.1. The smallest absolute Gasteiger partial charge is 0.253 e. The van der Waals surface area contributed by atoms with Gasteiger partial charge in [-0.15, -0.1) is 0 Å². The van der Waals surface area contributed by atoms with E-state index < -0.39 is 0 Å². The number of nitrogens with zero attached hydrogens (tertiary/aromatic N) is 3. The van der Waals surface area contributed by atoms with Crippen LogP contribution in [0.4, 0.5) is 0 Å². The van der Waals surface area contributed by atoms with Crippen LogP contribution in [-0.4, -0.2) is 75.7 Å². The molecule has 1 aliphatic rings. The molecule has 0 bridgehead atoms. The molecule has 2 amide bonds. The lowest BCUT2D eigenvalue weighted by Crippen LogP contribution is -2.38. The fourth-order valence-corrected chi connectivity index (χ4v) is 3.90. The van der Waals surface area contributed by atoms with Crippen molar-refractivity contribution in [3.63, 3.8) is 0 Å². The average molecular weight is 619 g/mol. The zero-order valence-corrected chi connectivity index (χ0v) is 29.8. The summed E-state index contributed by atoms with van der Waals surface area (Å²) < 4.78 is 0. The Hall–Kier alpha value is -3.77. The average Bonchev–Trinajstić information content (AvgIpc) is 3.23. The van der Waals surface area contributed by atoms with Crippen molar-refractivity contribution in [3.8, 4) is 0 Å². The molecule has 45 heavy (non-hydrogen) atoms. The lowest BCUT2D eigenvalue weighted by atomic mass is 10.1. The second kappa shape index (κ2) is 29.0. The van der Waals surface area contributed by atoms with Crippen LogP contribution in [0.5, 0.6) is 0 Å². The van der Waals surface area contributed by atoms with Gasteiger partial charge in [-0.1, -0.05) is 113 Å². The van der Waals surface area contributed by atoms with Crippen molar-refractivity contribution in [1.29, 1.82) is 0 Å². The number of carbonyl (C=O) groups is 2. The van der Waals surface area contributed by atoms with Crippen molar-refractivity contribution in [2.24, 2.45) is 4.99 Å². The molecule has 1 N–H and O–H groups in total. The number of hydrogen-bond donors (Lipinski definition) is 1. The number of allylic oxidation sites excluding steroid dienone is 10. The monoisotopic (exact) mass is 618 g/mol. The first-order valence-electron chi connectivity index (χ1n) is 16.1. The van der Waals surface area contributed by atoms with Crippen LogP contribution in [0.15, 0.2) is 113 Å². The van der Waals surface area contributed by atoms with E-state index in [1.165, 1.54) is 12.8 Å². The number of aliphatic imine (C=N–C) groups is 1. The van der Waals surface area contributed by atoms with E-state index in [1.54, 1.807) is 19.2 Å². The fraction of sp³-hybridized carbons (Fsp3) is 0.462. The molecule has 1 aliphatic carbocycles. The maximum atomic E-state index is 12.8. The first kappa shape index (κ1) is 43.4. The van der Waals surface area contributed by atoms with Crippen LogP contribution in [0, 0.1) is 0 Å². The molecule has 0 aromatic rings. The maximum Gasteiger partial charge on any atom is 0.253 e. The van der Waals surface area contributed by atoms with E-state index in [1.807, 2.05) is 113 Å². The van der Waals surface area contributed by atoms with Crippen LogP contribution in [0.3, 0.4) is 0 Å². The predicted molar refractivity (Wildman–Crippen MR) is 199 cm³/mol. The van der Waals surface area contributed by atoms with Gasteiger partial charge in [-0.25, -0.2) is 0 Å². The molecule has 1 rings (SSSR count). The summed E-state index contributed by atoms with van der Waals surface area (Å²) in [6.45, 7) is 16.1. The van der Waals surface area contributed by atoms with Gasteiger partial charge >= 0.3 is 0 Å². The van der Waals surface area contributed by atoms with E-state index in [0.29, 0.717) is 12.1 Å². The molecule has 0 spiro atoms. The SMILES string of the molecule is C=C/C=C\C(=C)CNC(=O)C1=C(C)C=CCC=C1.CN(C)C.C\C=C/C(=C\C=C\CCCC)C(=O)N(C)C(CC=NC)CCC. The fourth-order valence-electron chi connectivity index (χ4n) is 3.90. The van der Waals surface area contributed by atoms with Crippen molar-refractivity contribution in [2.75, 3.05) is 41.8 Å². The number of hydrogen-bond acceptors (Lipinski definition) is 4. The highest BCUT2D eigenvalue weighted by atomic mass is 16.2. The third kappa shape index (κ3) is 23.3. The third-order valence-electron chi connectivity index (χ3n) is 6.32. The molecule has 1 unspecified atom stereocenters. The van der Waals surface area contributed by atoms with Gasteiger partial charge in [-0.2, -0.15) is 0 Å². The lowest BCUT2D eigenvalue weighted by molar-refractivity contribution is -0.127. The number of likely N-dealkylation sites (N-methyl/N-ethyl adjacent to an activating group) is 1. The number of amides is 2. The quantitative estimate of drug-likeness (QED) is 0.0818. The standard InChI is InChI=1S/C20H34N2O.C16H19NO.C3H9N/c1-6-9-10-11-12-15-18(13-7-2)20(23)22(5)19(14-8-3)16-17-21-4;1-4-5-9-13(2)12-17-16(18)15-11-8-6-7-10-14(15)3;1-4(2)3/h7,11-13,15,17,19H,6,8-10,14,16H2,1-5H3;4-5,7-11H,1-2,6,12H2,3H3,(H,17,18);1-3H3/b12-11+,13-7-,18-15+,21-17?;9-5-;. The Bertz CT molecular complexity index is 1110. The number of carbonyl (C=O) groups excluding carboxylic acids is 2. The Morgan fingerprint density at radius 3 is 2.31 bits per heavy atom. The number of unbranched alkanes of at least 4 members (excludes halogenated alkanes) is 2. The Labute approximate surface area is 276 Å². The van der Waals surface area contributed by atoms with E-state index in [0.717, 1.165) is 48.8 Å². The van der Waals surface area contributed by atoms with Crippen molar-refractivity contribution >= 4 is 18.0 Å². The van der Waals surface area contributed by atoms with Gasteiger partial charge < -0.3 is 20.1 Å². The summed E-state index contributed by atoms with van der Waals surface area (Å²) in [4.78, 5) is 32.7. The van der Waals surface area contributed by atoms with E-state index in [2.05, 4.69) is 43.4 Å². The molecule has 6 nitrogen and oxygen atoms in total. The molecule has 1 atom stereocenters. The molecule has 0 aromatic carbocycles. The normalized spacial score (nSPS) is 14.0. The first-order chi connectivity index (χ1) is 21.5. The van der Waals surface area contributed by atoms with Gasteiger partial charge in [0.25, 0.3) is 11.8 Å². The van der Waals surface area contributed by atoms with E-state index >= 15 is 0 Å². The number of nitrogens with one attached hydrogen (secondary N) is 1. The van der Waals surface area contributed by atoms with Gasteiger partial charge in [0.15, 0.2) is 0 Å². The molecule has 0 fully saturated rings.